The van der Waals surface area contributed by atoms with Crippen LogP contribution in [0, 0.1) is 0 Å². The summed E-state index contributed by atoms with van der Waals surface area (Å²) in [6.45, 7) is 0.662. The van der Waals surface area contributed by atoms with E-state index in [9.17, 15) is 9.59 Å². The molecule has 2 aromatic heterocycles. The predicted octanol–water partition coefficient (Wildman–Crippen LogP) is 2.06. The highest BCUT2D eigenvalue weighted by Crippen LogP contribution is 2.25. The minimum atomic E-state index is -0.310. The Bertz CT molecular complexity index is 688. The Balaban J connectivity index is 1.69. The van der Waals surface area contributed by atoms with Crippen molar-refractivity contribution in [2.24, 2.45) is 0 Å². The fourth-order valence-electron chi connectivity index (χ4n) is 1.98. The number of fused-ring (bicyclic) bond motifs is 1. The van der Waals surface area contributed by atoms with Gasteiger partial charge in [-0.1, -0.05) is 11.3 Å². The first-order chi connectivity index (χ1) is 10.2. The lowest BCUT2D eigenvalue weighted by atomic mass is 10.2. The van der Waals surface area contributed by atoms with Crippen LogP contribution in [0.5, 0.6) is 0 Å². The van der Waals surface area contributed by atoms with Gasteiger partial charge >= 0.3 is 0 Å². The van der Waals surface area contributed by atoms with Gasteiger partial charge in [-0.3, -0.25) is 14.9 Å². The number of aryl methyl sites for hydroxylation is 1. The number of thiazole rings is 1. The number of furan rings is 1. The molecule has 1 aliphatic heterocycles. The molecule has 0 fully saturated rings. The molecule has 0 aromatic carbocycles. The van der Waals surface area contributed by atoms with Crippen molar-refractivity contribution in [2.75, 3.05) is 11.9 Å². The van der Waals surface area contributed by atoms with Crippen LogP contribution in [0.3, 0.4) is 0 Å². The number of rotatable bonds is 3. The molecule has 0 spiro atoms. The van der Waals surface area contributed by atoms with Crippen LogP contribution in [0.15, 0.2) is 28.9 Å². The molecule has 3 rings (SSSR count). The third kappa shape index (κ3) is 3.19. The van der Waals surface area contributed by atoms with Crippen molar-refractivity contribution >= 4 is 34.4 Å². The summed E-state index contributed by atoms with van der Waals surface area (Å²) in [5.74, 6) is 0.168. The molecule has 21 heavy (non-hydrogen) atoms. The minimum Gasteiger partial charge on any atom is -0.465 e. The lowest BCUT2D eigenvalue weighted by Gasteiger charge is -1.97. The largest absolute Gasteiger partial charge is 0.465 e. The van der Waals surface area contributed by atoms with E-state index in [1.165, 1.54) is 23.7 Å². The van der Waals surface area contributed by atoms with Gasteiger partial charge in [0, 0.05) is 12.6 Å². The van der Waals surface area contributed by atoms with Gasteiger partial charge in [0.2, 0.25) is 5.91 Å². The second-order valence-corrected chi connectivity index (χ2v) is 5.49. The van der Waals surface area contributed by atoms with Crippen molar-refractivity contribution in [3.05, 3.63) is 40.8 Å². The molecule has 2 aromatic rings. The van der Waals surface area contributed by atoms with E-state index in [1.807, 2.05) is 0 Å². The molecule has 0 radical (unpaired) electrons. The lowest BCUT2D eigenvalue weighted by Crippen LogP contribution is -2.21. The average molecular weight is 303 g/mol. The van der Waals surface area contributed by atoms with Crippen LogP contribution in [-0.4, -0.2) is 23.3 Å². The monoisotopic (exact) mass is 303 g/mol. The highest BCUT2D eigenvalue weighted by molar-refractivity contribution is 7.17. The van der Waals surface area contributed by atoms with E-state index < -0.39 is 0 Å². The number of aromatic nitrogens is 1. The first kappa shape index (κ1) is 13.6. The molecule has 0 saturated carbocycles. The molecule has 1 aliphatic rings. The van der Waals surface area contributed by atoms with Gasteiger partial charge < -0.3 is 9.73 Å². The smallest absolute Gasteiger partial charge is 0.263 e. The van der Waals surface area contributed by atoms with Crippen LogP contribution in [-0.2, 0) is 11.2 Å². The molecular weight excluding hydrogens is 290 g/mol. The Labute approximate surface area is 124 Å². The summed E-state index contributed by atoms with van der Waals surface area (Å²) in [6, 6.07) is 3.49. The average Bonchev–Trinajstić information content (AvgIpc) is 3.08. The van der Waals surface area contributed by atoms with Crippen molar-refractivity contribution in [2.45, 2.75) is 12.8 Å². The van der Waals surface area contributed by atoms with Crippen molar-refractivity contribution in [3.63, 3.8) is 0 Å². The van der Waals surface area contributed by atoms with Gasteiger partial charge in [0.25, 0.3) is 5.91 Å². The molecule has 6 nitrogen and oxygen atoms in total. The molecule has 108 valence electrons. The molecular formula is C14H13N3O3S. The van der Waals surface area contributed by atoms with Gasteiger partial charge in [0.05, 0.1) is 12.0 Å². The van der Waals surface area contributed by atoms with Gasteiger partial charge in [-0.25, -0.2) is 4.98 Å². The molecule has 0 saturated heterocycles. The molecule has 2 amide bonds. The SMILES string of the molecule is O=C(/C=C/c1ccco1)Nc1nc2c(s1)C(=O)NCCC2. The summed E-state index contributed by atoms with van der Waals surface area (Å²) in [7, 11) is 0. The standard InChI is InChI=1S/C14H13N3O3S/c18-11(6-5-9-3-2-8-20-9)17-14-16-10-4-1-7-15-13(19)12(10)21-14/h2-3,5-6,8H,1,4,7H2,(H,15,19)(H,16,17,18)/b6-5+. The topological polar surface area (TPSA) is 84.2 Å². The van der Waals surface area contributed by atoms with Crippen LogP contribution < -0.4 is 10.6 Å². The number of hydrogen-bond donors (Lipinski definition) is 2. The number of anilines is 1. The zero-order valence-electron chi connectivity index (χ0n) is 11.1. The summed E-state index contributed by atoms with van der Waals surface area (Å²) in [5, 5.41) is 5.90. The lowest BCUT2D eigenvalue weighted by molar-refractivity contribution is -0.111. The Morgan fingerprint density at radius 2 is 2.43 bits per heavy atom. The van der Waals surface area contributed by atoms with Crippen LogP contribution in [0.1, 0.15) is 27.5 Å². The Hall–Kier alpha value is -2.41. The van der Waals surface area contributed by atoms with E-state index in [2.05, 4.69) is 15.6 Å². The zero-order chi connectivity index (χ0) is 14.7. The normalized spacial score (nSPS) is 14.6. The molecule has 0 unspecified atom stereocenters. The number of nitrogens with one attached hydrogen (secondary N) is 2. The maximum atomic E-state index is 11.8. The van der Waals surface area contributed by atoms with Crippen LogP contribution in [0.4, 0.5) is 5.13 Å². The second kappa shape index (κ2) is 5.92. The summed E-state index contributed by atoms with van der Waals surface area (Å²) < 4.78 is 5.10. The van der Waals surface area contributed by atoms with Gasteiger partial charge in [-0.05, 0) is 31.1 Å². The van der Waals surface area contributed by atoms with E-state index >= 15 is 0 Å². The van der Waals surface area contributed by atoms with Crippen LogP contribution in [0.25, 0.3) is 6.08 Å². The highest BCUT2D eigenvalue weighted by Gasteiger charge is 2.20. The molecule has 0 aliphatic carbocycles. The number of carbonyl (C=O) groups is 2. The van der Waals surface area contributed by atoms with E-state index in [-0.39, 0.29) is 11.8 Å². The molecule has 0 atom stereocenters. The van der Waals surface area contributed by atoms with E-state index in [0.717, 1.165) is 18.5 Å². The van der Waals surface area contributed by atoms with Crippen molar-refractivity contribution < 1.29 is 14.0 Å². The number of hydrogen-bond acceptors (Lipinski definition) is 5. The molecule has 2 N–H and O–H groups in total. The van der Waals surface area contributed by atoms with E-state index in [4.69, 9.17) is 4.42 Å². The van der Waals surface area contributed by atoms with Gasteiger partial charge in [0.15, 0.2) is 5.13 Å². The van der Waals surface area contributed by atoms with Crippen LogP contribution >= 0.6 is 11.3 Å². The fourth-order valence-corrected chi connectivity index (χ4v) is 2.91. The first-order valence-corrected chi connectivity index (χ1v) is 7.34. The van der Waals surface area contributed by atoms with Gasteiger partial charge in [-0.15, -0.1) is 0 Å². The minimum absolute atomic E-state index is 0.119. The van der Waals surface area contributed by atoms with E-state index in [0.29, 0.717) is 22.3 Å². The molecule has 0 bridgehead atoms. The quantitative estimate of drug-likeness (QED) is 0.850. The summed E-state index contributed by atoms with van der Waals surface area (Å²) >= 11 is 1.20. The molecule has 3 heterocycles. The Kier molecular flexibility index (Phi) is 3.83. The Morgan fingerprint density at radius 3 is 3.24 bits per heavy atom. The molecule has 7 heteroatoms. The summed E-state index contributed by atoms with van der Waals surface area (Å²) in [6.07, 6.45) is 6.07. The summed E-state index contributed by atoms with van der Waals surface area (Å²) in [5.41, 5.74) is 0.750. The van der Waals surface area contributed by atoms with Crippen molar-refractivity contribution in [1.82, 2.24) is 10.3 Å². The first-order valence-electron chi connectivity index (χ1n) is 6.53. The number of nitrogens with zero attached hydrogens (tertiary/aromatic N) is 1. The second-order valence-electron chi connectivity index (χ2n) is 4.49. The highest BCUT2D eigenvalue weighted by atomic mass is 32.1. The van der Waals surface area contributed by atoms with Crippen LogP contribution in [0.2, 0.25) is 0 Å². The van der Waals surface area contributed by atoms with Crippen molar-refractivity contribution in [3.8, 4) is 0 Å². The maximum absolute atomic E-state index is 11.8. The third-order valence-corrected chi connectivity index (χ3v) is 3.96. The predicted molar refractivity (Wildman–Crippen MR) is 79.1 cm³/mol. The fraction of sp³-hybridized carbons (Fsp3) is 0.214. The van der Waals surface area contributed by atoms with Gasteiger partial charge in [-0.2, -0.15) is 0 Å². The number of carbonyl (C=O) groups excluding carboxylic acids is 2. The van der Waals surface area contributed by atoms with E-state index in [1.54, 1.807) is 18.2 Å². The van der Waals surface area contributed by atoms with Crippen molar-refractivity contribution in [1.29, 1.82) is 0 Å². The summed E-state index contributed by atoms with van der Waals surface area (Å²) in [4.78, 5) is 28.5. The zero-order valence-corrected chi connectivity index (χ0v) is 11.9. The number of amides is 2. The third-order valence-electron chi connectivity index (χ3n) is 2.95. The Morgan fingerprint density at radius 1 is 1.52 bits per heavy atom. The van der Waals surface area contributed by atoms with Gasteiger partial charge in [0.1, 0.15) is 10.6 Å². The maximum Gasteiger partial charge on any atom is 0.263 e.